The van der Waals surface area contributed by atoms with Gasteiger partial charge in [-0.3, -0.25) is 4.90 Å². The average Bonchev–Trinajstić information content (AvgIpc) is 2.22. The van der Waals surface area contributed by atoms with Gasteiger partial charge in [0.2, 0.25) is 0 Å². The molecule has 0 aromatic heterocycles. The second-order valence-electron chi connectivity index (χ2n) is 4.18. The zero-order valence-corrected chi connectivity index (χ0v) is 9.85. The summed E-state index contributed by atoms with van der Waals surface area (Å²) in [7, 11) is 0. The maximum atomic E-state index is 9.69. The molecule has 0 aliphatic carbocycles. The van der Waals surface area contributed by atoms with Gasteiger partial charge in [-0.25, -0.2) is 0 Å². The molecule has 1 rings (SSSR count). The summed E-state index contributed by atoms with van der Waals surface area (Å²) in [6.45, 7) is 5.40. The Balaban J connectivity index is 2.80. The van der Waals surface area contributed by atoms with Crippen molar-refractivity contribution in [2.75, 3.05) is 18.9 Å². The van der Waals surface area contributed by atoms with E-state index in [4.69, 9.17) is 10.8 Å². The summed E-state index contributed by atoms with van der Waals surface area (Å²) >= 11 is 0. The maximum absolute atomic E-state index is 9.69. The number of rotatable bonds is 5. The Morgan fingerprint density at radius 3 is 2.62 bits per heavy atom. The highest BCUT2D eigenvalue weighted by Gasteiger charge is 2.11. The van der Waals surface area contributed by atoms with E-state index in [0.717, 1.165) is 5.56 Å². The Morgan fingerprint density at radius 2 is 2.06 bits per heavy atom. The van der Waals surface area contributed by atoms with Crippen LogP contribution >= 0.6 is 0 Å². The second kappa shape index (κ2) is 5.72. The molecule has 0 heterocycles. The van der Waals surface area contributed by atoms with Crippen LogP contribution in [0.15, 0.2) is 18.2 Å². The molecular weight excluding hydrogens is 204 g/mol. The summed E-state index contributed by atoms with van der Waals surface area (Å²) < 4.78 is 0. The van der Waals surface area contributed by atoms with Gasteiger partial charge in [0.25, 0.3) is 0 Å². The van der Waals surface area contributed by atoms with E-state index in [0.29, 0.717) is 24.8 Å². The average molecular weight is 224 g/mol. The molecule has 0 unspecified atom stereocenters. The number of aliphatic hydroxyl groups is 1. The first-order valence-electron chi connectivity index (χ1n) is 5.47. The Labute approximate surface area is 96.3 Å². The fourth-order valence-electron chi connectivity index (χ4n) is 1.60. The van der Waals surface area contributed by atoms with Crippen molar-refractivity contribution in [2.45, 2.75) is 26.4 Å². The number of benzene rings is 1. The van der Waals surface area contributed by atoms with E-state index in [1.807, 2.05) is 0 Å². The normalized spacial score (nSPS) is 11.3. The van der Waals surface area contributed by atoms with E-state index >= 15 is 0 Å². The molecule has 1 aromatic rings. The highest BCUT2D eigenvalue weighted by atomic mass is 16.3. The van der Waals surface area contributed by atoms with Gasteiger partial charge in [-0.1, -0.05) is 0 Å². The summed E-state index contributed by atoms with van der Waals surface area (Å²) in [5.74, 6) is 0.248. The minimum atomic E-state index is 0.112. The fourth-order valence-corrected chi connectivity index (χ4v) is 1.60. The van der Waals surface area contributed by atoms with Crippen LogP contribution < -0.4 is 5.73 Å². The third-order valence-corrected chi connectivity index (χ3v) is 2.59. The molecule has 0 fully saturated rings. The van der Waals surface area contributed by atoms with Crippen molar-refractivity contribution in [1.82, 2.24) is 4.90 Å². The van der Waals surface area contributed by atoms with Crippen LogP contribution in [0.5, 0.6) is 5.75 Å². The van der Waals surface area contributed by atoms with Crippen LogP contribution in [0.4, 0.5) is 5.69 Å². The predicted molar refractivity (Wildman–Crippen MR) is 65.2 cm³/mol. The van der Waals surface area contributed by atoms with Crippen molar-refractivity contribution < 1.29 is 10.2 Å². The summed E-state index contributed by atoms with van der Waals surface area (Å²) in [6, 6.07) is 5.35. The Bertz CT molecular complexity index is 340. The van der Waals surface area contributed by atoms with Crippen LogP contribution in [-0.4, -0.2) is 34.3 Å². The van der Waals surface area contributed by atoms with Crippen molar-refractivity contribution >= 4 is 5.69 Å². The molecule has 16 heavy (non-hydrogen) atoms. The van der Waals surface area contributed by atoms with Crippen molar-refractivity contribution in [3.8, 4) is 5.75 Å². The number of phenols is 1. The van der Waals surface area contributed by atoms with E-state index in [1.54, 1.807) is 18.2 Å². The Kier molecular flexibility index (Phi) is 4.58. The topological polar surface area (TPSA) is 69.7 Å². The molecule has 0 radical (unpaired) electrons. The van der Waals surface area contributed by atoms with E-state index in [9.17, 15) is 5.11 Å². The maximum Gasteiger partial charge on any atom is 0.120 e. The van der Waals surface area contributed by atoms with Crippen molar-refractivity contribution in [3.05, 3.63) is 23.8 Å². The van der Waals surface area contributed by atoms with Crippen LogP contribution in [0.3, 0.4) is 0 Å². The van der Waals surface area contributed by atoms with E-state index in [1.165, 1.54) is 0 Å². The first kappa shape index (κ1) is 12.8. The van der Waals surface area contributed by atoms with Gasteiger partial charge in [0, 0.05) is 30.4 Å². The highest BCUT2D eigenvalue weighted by molar-refractivity contribution is 5.47. The zero-order valence-electron chi connectivity index (χ0n) is 9.85. The molecular formula is C12H20N2O2. The van der Waals surface area contributed by atoms with Gasteiger partial charge >= 0.3 is 0 Å². The van der Waals surface area contributed by atoms with Crippen LogP contribution in [0.1, 0.15) is 19.4 Å². The molecule has 90 valence electrons. The van der Waals surface area contributed by atoms with Crippen LogP contribution in [0.2, 0.25) is 0 Å². The first-order valence-corrected chi connectivity index (χ1v) is 5.47. The minimum Gasteiger partial charge on any atom is -0.508 e. The molecule has 1 aromatic carbocycles. The first-order chi connectivity index (χ1) is 7.54. The quantitative estimate of drug-likeness (QED) is 0.519. The summed E-state index contributed by atoms with van der Waals surface area (Å²) in [5.41, 5.74) is 7.11. The number of nitrogens with zero attached hydrogens (tertiary/aromatic N) is 1. The minimum absolute atomic E-state index is 0.112. The molecule has 0 aliphatic heterocycles. The summed E-state index contributed by atoms with van der Waals surface area (Å²) in [5, 5.41) is 18.6. The fraction of sp³-hybridized carbons (Fsp3) is 0.500. The monoisotopic (exact) mass is 224 g/mol. The second-order valence-corrected chi connectivity index (χ2v) is 4.18. The number of anilines is 1. The van der Waals surface area contributed by atoms with Gasteiger partial charge in [-0.15, -0.1) is 0 Å². The molecule has 0 aliphatic rings. The lowest BCUT2D eigenvalue weighted by atomic mass is 10.1. The standard InChI is InChI=1S/C12H20N2O2/c1-9(2)14(5-6-15)8-10-7-11(13)3-4-12(10)16/h3-4,7,9,15-16H,5-6,8,13H2,1-2H3. The smallest absolute Gasteiger partial charge is 0.120 e. The number of phenolic OH excluding ortho intramolecular Hbond substituents is 1. The van der Waals surface area contributed by atoms with E-state index in [2.05, 4.69) is 18.7 Å². The molecule has 0 atom stereocenters. The molecule has 0 saturated heterocycles. The number of hydrogen-bond donors (Lipinski definition) is 3. The lowest BCUT2D eigenvalue weighted by Crippen LogP contribution is -2.32. The summed E-state index contributed by atoms with van der Waals surface area (Å²) in [6.07, 6.45) is 0. The van der Waals surface area contributed by atoms with Crippen molar-refractivity contribution in [1.29, 1.82) is 0 Å². The largest absolute Gasteiger partial charge is 0.508 e. The number of nitrogen functional groups attached to an aromatic ring is 1. The molecule has 0 bridgehead atoms. The lowest BCUT2D eigenvalue weighted by molar-refractivity contribution is 0.158. The van der Waals surface area contributed by atoms with Gasteiger partial charge in [0.15, 0.2) is 0 Å². The molecule has 0 saturated carbocycles. The van der Waals surface area contributed by atoms with Crippen molar-refractivity contribution in [3.63, 3.8) is 0 Å². The Hall–Kier alpha value is -1.26. The lowest BCUT2D eigenvalue weighted by Gasteiger charge is -2.26. The molecule has 4 N–H and O–H groups in total. The van der Waals surface area contributed by atoms with Crippen LogP contribution in [0, 0.1) is 0 Å². The third kappa shape index (κ3) is 3.40. The van der Waals surface area contributed by atoms with Crippen molar-refractivity contribution in [2.24, 2.45) is 0 Å². The van der Waals surface area contributed by atoms with E-state index in [-0.39, 0.29) is 12.4 Å². The number of hydrogen-bond acceptors (Lipinski definition) is 4. The predicted octanol–water partition coefficient (Wildman–Crippen LogP) is 1.18. The third-order valence-electron chi connectivity index (χ3n) is 2.59. The van der Waals surface area contributed by atoms with Gasteiger partial charge in [0.1, 0.15) is 5.75 Å². The van der Waals surface area contributed by atoms with Crippen LogP contribution in [0.25, 0.3) is 0 Å². The highest BCUT2D eigenvalue weighted by Crippen LogP contribution is 2.22. The van der Waals surface area contributed by atoms with Crippen LogP contribution in [-0.2, 0) is 6.54 Å². The number of aliphatic hydroxyl groups excluding tert-OH is 1. The van der Waals surface area contributed by atoms with E-state index < -0.39 is 0 Å². The Morgan fingerprint density at radius 1 is 1.38 bits per heavy atom. The summed E-state index contributed by atoms with van der Waals surface area (Å²) in [4.78, 5) is 2.08. The SMILES string of the molecule is CC(C)N(CCO)Cc1cc(N)ccc1O. The zero-order chi connectivity index (χ0) is 12.1. The number of nitrogens with two attached hydrogens (primary N) is 1. The van der Waals surface area contributed by atoms with Gasteiger partial charge in [0.05, 0.1) is 6.61 Å². The molecule has 4 heteroatoms. The molecule has 4 nitrogen and oxygen atoms in total. The molecule has 0 amide bonds. The number of aromatic hydroxyl groups is 1. The van der Waals surface area contributed by atoms with Gasteiger partial charge < -0.3 is 15.9 Å². The van der Waals surface area contributed by atoms with Gasteiger partial charge in [-0.05, 0) is 32.0 Å². The van der Waals surface area contributed by atoms with Gasteiger partial charge in [-0.2, -0.15) is 0 Å². The molecule has 0 spiro atoms.